The molecule has 2 saturated heterocycles. The van der Waals surface area contributed by atoms with E-state index in [1.807, 2.05) is 26.0 Å². The summed E-state index contributed by atoms with van der Waals surface area (Å²) in [6.45, 7) is 5.37. The first-order valence-corrected chi connectivity index (χ1v) is 8.83. The average molecular weight is 357 g/mol. The molecule has 2 N–H and O–H groups in total. The lowest BCUT2D eigenvalue weighted by molar-refractivity contribution is -0.131. The monoisotopic (exact) mass is 357 g/mol. The lowest BCUT2D eigenvalue weighted by Gasteiger charge is -2.37. The number of carbonyl (C=O) groups excluding carboxylic acids is 2. The van der Waals surface area contributed by atoms with Crippen LogP contribution in [-0.4, -0.2) is 60.4 Å². The first kappa shape index (κ1) is 16.9. The van der Waals surface area contributed by atoms with Gasteiger partial charge < -0.3 is 24.7 Å². The molecule has 2 amide bonds. The summed E-state index contributed by atoms with van der Waals surface area (Å²) in [6.07, 6.45) is 0.592. The Labute approximate surface area is 151 Å². The van der Waals surface area contributed by atoms with Crippen LogP contribution in [0, 0.1) is 13.8 Å². The third-order valence-electron chi connectivity index (χ3n) is 5.46. The Kier molecular flexibility index (Phi) is 3.91. The van der Waals surface area contributed by atoms with Crippen molar-refractivity contribution in [3.8, 4) is 5.75 Å². The fraction of sp³-hybridized carbons (Fsp3) is 0.474. The molecule has 0 aliphatic carbocycles. The van der Waals surface area contributed by atoms with Crippen LogP contribution in [0.1, 0.15) is 28.1 Å². The van der Waals surface area contributed by atoms with E-state index in [0.29, 0.717) is 43.1 Å². The molecule has 7 heteroatoms. The van der Waals surface area contributed by atoms with Crippen molar-refractivity contribution in [3.63, 3.8) is 0 Å². The molecular formula is C19H23N3O4. The minimum absolute atomic E-state index is 0.00309. The molecule has 0 spiro atoms. The van der Waals surface area contributed by atoms with Crippen LogP contribution < -0.4 is 10.5 Å². The maximum Gasteiger partial charge on any atom is 0.290 e. The van der Waals surface area contributed by atoms with Crippen molar-refractivity contribution in [2.24, 2.45) is 5.73 Å². The van der Waals surface area contributed by atoms with Crippen LogP contribution in [0.3, 0.4) is 0 Å². The van der Waals surface area contributed by atoms with Gasteiger partial charge in [-0.15, -0.1) is 0 Å². The van der Waals surface area contributed by atoms with Gasteiger partial charge in [-0.3, -0.25) is 9.59 Å². The molecule has 2 aliphatic rings. The standard InChI is InChI=1S/C19H23N3O4/c1-10-6-13-11(2)16(26-17(13)15(7-10)25-3)19(24)21-4-5-22-12(9-21)8-14(20)18(22)23/h6-7,12,14H,4-5,8-9,20H2,1-3H3. The molecule has 0 bridgehead atoms. The number of rotatable bonds is 2. The number of ether oxygens (including phenoxy) is 1. The minimum Gasteiger partial charge on any atom is -0.493 e. The van der Waals surface area contributed by atoms with Crippen LogP contribution in [0.2, 0.25) is 0 Å². The lowest BCUT2D eigenvalue weighted by Crippen LogP contribution is -2.53. The molecule has 2 unspecified atom stereocenters. The molecular weight excluding hydrogens is 334 g/mol. The number of hydrogen-bond donors (Lipinski definition) is 1. The Balaban J connectivity index is 1.65. The Morgan fingerprint density at radius 3 is 2.81 bits per heavy atom. The molecule has 26 heavy (non-hydrogen) atoms. The molecule has 2 fully saturated rings. The van der Waals surface area contributed by atoms with Gasteiger partial charge in [0.05, 0.1) is 19.2 Å². The third-order valence-corrected chi connectivity index (χ3v) is 5.46. The van der Waals surface area contributed by atoms with Gasteiger partial charge in [-0.1, -0.05) is 0 Å². The minimum atomic E-state index is -0.449. The van der Waals surface area contributed by atoms with Crippen molar-refractivity contribution in [3.05, 3.63) is 29.0 Å². The topological polar surface area (TPSA) is 89.0 Å². The SMILES string of the molecule is COc1cc(C)cc2c(C)c(C(=O)N3CCN4C(=O)C(N)CC4C3)oc12. The molecule has 2 aliphatic heterocycles. The second kappa shape index (κ2) is 6.02. The van der Waals surface area contributed by atoms with E-state index in [-0.39, 0.29) is 17.9 Å². The summed E-state index contributed by atoms with van der Waals surface area (Å²) in [5.74, 6) is 0.804. The molecule has 138 valence electrons. The van der Waals surface area contributed by atoms with E-state index >= 15 is 0 Å². The molecule has 7 nitrogen and oxygen atoms in total. The number of hydrogen-bond acceptors (Lipinski definition) is 5. The van der Waals surface area contributed by atoms with E-state index in [0.717, 1.165) is 16.5 Å². The molecule has 0 radical (unpaired) electrons. The number of amides is 2. The summed E-state index contributed by atoms with van der Waals surface area (Å²) in [7, 11) is 1.59. The molecule has 1 aromatic heterocycles. The van der Waals surface area contributed by atoms with E-state index < -0.39 is 6.04 Å². The highest BCUT2D eigenvalue weighted by Gasteiger charge is 2.42. The normalized spacial score (nSPS) is 22.8. The smallest absolute Gasteiger partial charge is 0.290 e. The van der Waals surface area contributed by atoms with Gasteiger partial charge in [-0.05, 0) is 38.0 Å². The van der Waals surface area contributed by atoms with Crippen LogP contribution in [0.15, 0.2) is 16.5 Å². The zero-order valence-electron chi connectivity index (χ0n) is 15.2. The van der Waals surface area contributed by atoms with Crippen LogP contribution in [0.25, 0.3) is 11.0 Å². The second-order valence-electron chi connectivity index (χ2n) is 7.18. The maximum absolute atomic E-state index is 13.1. The van der Waals surface area contributed by atoms with E-state index in [1.54, 1.807) is 16.9 Å². The number of methoxy groups -OCH3 is 1. The first-order valence-electron chi connectivity index (χ1n) is 8.83. The van der Waals surface area contributed by atoms with Gasteiger partial charge in [0, 0.05) is 30.6 Å². The van der Waals surface area contributed by atoms with Gasteiger partial charge in [-0.25, -0.2) is 0 Å². The van der Waals surface area contributed by atoms with Crippen molar-refractivity contribution < 1.29 is 18.7 Å². The number of nitrogens with zero attached hydrogens (tertiary/aromatic N) is 2. The molecule has 2 atom stereocenters. The van der Waals surface area contributed by atoms with Gasteiger partial charge in [0.25, 0.3) is 5.91 Å². The fourth-order valence-corrected chi connectivity index (χ4v) is 4.06. The van der Waals surface area contributed by atoms with Crippen LogP contribution in [-0.2, 0) is 4.79 Å². The Morgan fingerprint density at radius 2 is 2.08 bits per heavy atom. The zero-order valence-corrected chi connectivity index (χ0v) is 15.2. The summed E-state index contributed by atoms with van der Waals surface area (Å²) >= 11 is 0. The van der Waals surface area contributed by atoms with E-state index in [2.05, 4.69) is 0 Å². The van der Waals surface area contributed by atoms with Crippen molar-refractivity contribution in [2.45, 2.75) is 32.4 Å². The summed E-state index contributed by atoms with van der Waals surface area (Å²) in [4.78, 5) is 28.7. The highest BCUT2D eigenvalue weighted by atomic mass is 16.5. The number of nitrogens with two attached hydrogens (primary N) is 1. The van der Waals surface area contributed by atoms with Crippen molar-refractivity contribution in [1.82, 2.24) is 9.80 Å². The number of benzene rings is 1. The van der Waals surface area contributed by atoms with Crippen LogP contribution >= 0.6 is 0 Å². The largest absolute Gasteiger partial charge is 0.493 e. The van der Waals surface area contributed by atoms with Gasteiger partial charge in [-0.2, -0.15) is 0 Å². The predicted molar refractivity (Wildman–Crippen MR) is 96.2 cm³/mol. The van der Waals surface area contributed by atoms with Crippen molar-refractivity contribution in [1.29, 1.82) is 0 Å². The van der Waals surface area contributed by atoms with Crippen LogP contribution in [0.5, 0.6) is 5.75 Å². The molecule has 0 saturated carbocycles. The second-order valence-corrected chi connectivity index (χ2v) is 7.18. The van der Waals surface area contributed by atoms with Gasteiger partial charge in [0.1, 0.15) is 0 Å². The molecule has 3 heterocycles. The average Bonchev–Trinajstić information content (AvgIpc) is 3.10. The number of aryl methyl sites for hydroxylation is 2. The Bertz CT molecular complexity index is 904. The number of furan rings is 1. The highest BCUT2D eigenvalue weighted by Crippen LogP contribution is 2.34. The number of piperazine rings is 1. The van der Waals surface area contributed by atoms with E-state index in [9.17, 15) is 9.59 Å². The Hall–Kier alpha value is -2.54. The Morgan fingerprint density at radius 1 is 1.31 bits per heavy atom. The van der Waals surface area contributed by atoms with E-state index in [4.69, 9.17) is 14.9 Å². The molecule has 1 aromatic carbocycles. The molecule has 2 aromatic rings. The van der Waals surface area contributed by atoms with Gasteiger partial charge >= 0.3 is 0 Å². The quantitative estimate of drug-likeness (QED) is 0.879. The first-order chi connectivity index (χ1) is 12.4. The maximum atomic E-state index is 13.1. The zero-order chi connectivity index (χ0) is 18.6. The summed E-state index contributed by atoms with van der Waals surface area (Å²) < 4.78 is 11.3. The summed E-state index contributed by atoms with van der Waals surface area (Å²) in [5, 5.41) is 0.891. The van der Waals surface area contributed by atoms with Crippen molar-refractivity contribution in [2.75, 3.05) is 26.7 Å². The van der Waals surface area contributed by atoms with Gasteiger partial charge in [0.15, 0.2) is 17.1 Å². The van der Waals surface area contributed by atoms with Crippen LogP contribution in [0.4, 0.5) is 0 Å². The van der Waals surface area contributed by atoms with E-state index in [1.165, 1.54) is 0 Å². The van der Waals surface area contributed by atoms with Gasteiger partial charge in [0.2, 0.25) is 5.91 Å². The summed E-state index contributed by atoms with van der Waals surface area (Å²) in [5.41, 5.74) is 8.32. The predicted octanol–water partition coefficient (Wildman–Crippen LogP) is 1.44. The summed E-state index contributed by atoms with van der Waals surface area (Å²) in [6, 6.07) is 3.44. The third kappa shape index (κ3) is 2.46. The number of carbonyl (C=O) groups is 2. The lowest BCUT2D eigenvalue weighted by atomic mass is 10.1. The molecule has 4 rings (SSSR count). The number of fused-ring (bicyclic) bond motifs is 2. The van der Waals surface area contributed by atoms with Crippen molar-refractivity contribution >= 4 is 22.8 Å². The highest BCUT2D eigenvalue weighted by molar-refractivity contribution is 6.00. The fourth-order valence-electron chi connectivity index (χ4n) is 4.06.